The van der Waals surface area contributed by atoms with Gasteiger partial charge in [0, 0.05) is 15.6 Å². The molecule has 4 rings (SSSR count). The highest BCUT2D eigenvalue weighted by atomic mass is 35.5. The minimum Gasteiger partial charge on any atom is -0.420 e. The van der Waals surface area contributed by atoms with Crippen molar-refractivity contribution in [1.29, 1.82) is 0 Å². The minimum absolute atomic E-state index is 0.439. The minimum atomic E-state index is 0.439. The fourth-order valence-electron chi connectivity index (χ4n) is 2.16. The molecule has 0 bridgehead atoms. The summed E-state index contributed by atoms with van der Waals surface area (Å²) in [4.78, 5) is 0. The van der Waals surface area contributed by atoms with E-state index in [1.165, 1.54) is 11.8 Å². The summed E-state index contributed by atoms with van der Waals surface area (Å²) < 4.78 is 7.31. The van der Waals surface area contributed by atoms with Crippen LogP contribution in [0.1, 0.15) is 5.89 Å². The van der Waals surface area contributed by atoms with E-state index in [-0.39, 0.29) is 0 Å². The van der Waals surface area contributed by atoms with Crippen molar-refractivity contribution >= 4 is 35.0 Å². The van der Waals surface area contributed by atoms with Gasteiger partial charge in [-0.05, 0) is 59.0 Å². The molecule has 0 atom stereocenters. The fourth-order valence-corrected chi connectivity index (χ4v) is 3.14. The Kier molecular flexibility index (Phi) is 4.87. The molecule has 4 aromatic rings. The molecule has 0 aliphatic carbocycles. The lowest BCUT2D eigenvalue weighted by molar-refractivity contribution is 0.528. The maximum atomic E-state index is 5.91. The summed E-state index contributed by atoms with van der Waals surface area (Å²) in [5.41, 5.74) is 1.62. The second-order valence-corrected chi connectivity index (χ2v) is 6.96. The van der Waals surface area contributed by atoms with Crippen LogP contribution in [-0.4, -0.2) is 30.4 Å². The van der Waals surface area contributed by atoms with E-state index in [1.807, 2.05) is 24.3 Å². The van der Waals surface area contributed by atoms with Gasteiger partial charge in [-0.25, -0.2) is 0 Å². The predicted octanol–water partition coefficient (Wildman–Crippen LogP) is 4.31. The molecule has 0 amide bonds. The zero-order chi connectivity index (χ0) is 17.9. The Morgan fingerprint density at radius 3 is 2.31 bits per heavy atom. The average Bonchev–Trinajstić information content (AvgIpc) is 3.30. The Hall–Kier alpha value is -2.42. The molecule has 0 saturated carbocycles. The highest BCUT2D eigenvalue weighted by Gasteiger charge is 2.13. The number of nitrogens with zero attached hydrogens (tertiary/aromatic N) is 6. The van der Waals surface area contributed by atoms with Crippen LogP contribution in [-0.2, 0) is 5.75 Å². The monoisotopic (exact) mass is 404 g/mol. The van der Waals surface area contributed by atoms with Gasteiger partial charge in [-0.3, -0.25) is 0 Å². The number of thioether (sulfide) groups is 1. The summed E-state index contributed by atoms with van der Waals surface area (Å²) >= 11 is 13.2. The molecule has 0 fully saturated rings. The molecule has 10 heteroatoms. The van der Waals surface area contributed by atoms with Crippen molar-refractivity contribution in [2.45, 2.75) is 10.9 Å². The molecule has 0 unspecified atom stereocenters. The zero-order valence-electron chi connectivity index (χ0n) is 13.1. The molecule has 7 nitrogen and oxygen atoms in total. The third kappa shape index (κ3) is 3.72. The van der Waals surface area contributed by atoms with Crippen LogP contribution in [0.25, 0.3) is 17.1 Å². The molecule has 2 aromatic carbocycles. The summed E-state index contributed by atoms with van der Waals surface area (Å²) in [6, 6.07) is 14.4. The van der Waals surface area contributed by atoms with Gasteiger partial charge in [0.05, 0.1) is 11.4 Å². The highest BCUT2D eigenvalue weighted by Crippen LogP contribution is 2.25. The average molecular weight is 405 g/mol. The summed E-state index contributed by atoms with van der Waals surface area (Å²) in [5, 5.41) is 21.8. The van der Waals surface area contributed by atoms with E-state index in [2.05, 4.69) is 25.7 Å². The first-order chi connectivity index (χ1) is 12.7. The Labute approximate surface area is 162 Å². The quantitative estimate of drug-likeness (QED) is 0.458. The lowest BCUT2D eigenvalue weighted by atomic mass is 10.2. The third-order valence-corrected chi connectivity index (χ3v) is 4.80. The van der Waals surface area contributed by atoms with Crippen molar-refractivity contribution in [3.8, 4) is 17.1 Å². The van der Waals surface area contributed by atoms with Crippen LogP contribution < -0.4 is 0 Å². The second-order valence-electron chi connectivity index (χ2n) is 5.15. The van der Waals surface area contributed by atoms with Gasteiger partial charge < -0.3 is 4.42 Å². The van der Waals surface area contributed by atoms with Gasteiger partial charge in [-0.15, -0.1) is 15.3 Å². The van der Waals surface area contributed by atoms with Gasteiger partial charge in [-0.1, -0.05) is 35.0 Å². The Morgan fingerprint density at radius 2 is 1.58 bits per heavy atom. The second kappa shape index (κ2) is 7.45. The van der Waals surface area contributed by atoms with E-state index in [0.717, 1.165) is 11.3 Å². The third-order valence-electron chi connectivity index (χ3n) is 3.39. The van der Waals surface area contributed by atoms with Gasteiger partial charge >= 0.3 is 0 Å². The molecular formula is C16H10Cl2N6OS. The first-order valence-corrected chi connectivity index (χ1v) is 9.18. The first-order valence-electron chi connectivity index (χ1n) is 7.44. The molecule has 0 aliphatic heterocycles. The fraction of sp³-hybridized carbons (Fsp3) is 0.0625. The summed E-state index contributed by atoms with van der Waals surface area (Å²) in [7, 11) is 0. The van der Waals surface area contributed by atoms with Gasteiger partial charge in [0.25, 0.3) is 0 Å². The van der Waals surface area contributed by atoms with Crippen molar-refractivity contribution in [1.82, 2.24) is 30.4 Å². The number of aromatic nitrogens is 6. The van der Waals surface area contributed by atoms with Crippen LogP contribution in [0.15, 0.2) is 58.1 Å². The zero-order valence-corrected chi connectivity index (χ0v) is 15.4. The summed E-state index contributed by atoms with van der Waals surface area (Å²) in [5.74, 6) is 1.36. The number of hydrogen-bond acceptors (Lipinski definition) is 7. The van der Waals surface area contributed by atoms with E-state index in [0.29, 0.717) is 32.7 Å². The molecule has 0 saturated heterocycles. The number of halogens is 2. The van der Waals surface area contributed by atoms with E-state index in [9.17, 15) is 0 Å². The van der Waals surface area contributed by atoms with E-state index in [1.54, 1.807) is 28.9 Å². The van der Waals surface area contributed by atoms with Crippen molar-refractivity contribution in [2.24, 2.45) is 0 Å². The smallest absolute Gasteiger partial charge is 0.247 e. The largest absolute Gasteiger partial charge is 0.420 e. The standard InChI is InChI=1S/C16H10Cl2N6OS/c17-11-3-1-10(2-4-11)15-20-19-14(25-15)9-26-16-21-22-23-24(16)13-7-5-12(18)6-8-13/h1-8H,9H2. The Balaban J connectivity index is 1.48. The Morgan fingerprint density at radius 1 is 0.885 bits per heavy atom. The molecule has 2 aromatic heterocycles. The summed E-state index contributed by atoms with van der Waals surface area (Å²) in [6.07, 6.45) is 0. The van der Waals surface area contributed by atoms with Gasteiger partial charge in [0.1, 0.15) is 0 Å². The van der Waals surface area contributed by atoms with Gasteiger partial charge in [0.2, 0.25) is 16.9 Å². The lowest BCUT2D eigenvalue weighted by Crippen LogP contribution is -1.98. The highest BCUT2D eigenvalue weighted by molar-refractivity contribution is 7.98. The number of tetrazole rings is 1. The maximum absolute atomic E-state index is 5.91. The van der Waals surface area contributed by atoms with Crippen LogP contribution in [0.5, 0.6) is 0 Å². The van der Waals surface area contributed by atoms with Crippen LogP contribution in [0.2, 0.25) is 10.0 Å². The van der Waals surface area contributed by atoms with E-state index in [4.69, 9.17) is 27.6 Å². The Bertz CT molecular complexity index is 1020. The number of benzene rings is 2. The van der Waals surface area contributed by atoms with E-state index < -0.39 is 0 Å². The normalized spacial score (nSPS) is 11.0. The molecule has 0 N–H and O–H groups in total. The number of hydrogen-bond donors (Lipinski definition) is 0. The van der Waals surface area contributed by atoms with Crippen molar-refractivity contribution in [3.63, 3.8) is 0 Å². The topological polar surface area (TPSA) is 82.5 Å². The SMILES string of the molecule is Clc1ccc(-c2nnc(CSc3nnnn3-c3ccc(Cl)cc3)o2)cc1. The van der Waals surface area contributed by atoms with Crippen LogP contribution in [0, 0.1) is 0 Å². The molecular weight excluding hydrogens is 395 g/mol. The molecule has 26 heavy (non-hydrogen) atoms. The van der Waals surface area contributed by atoms with Gasteiger partial charge in [-0.2, -0.15) is 4.68 Å². The molecule has 130 valence electrons. The van der Waals surface area contributed by atoms with Crippen molar-refractivity contribution in [3.05, 3.63) is 64.5 Å². The molecule has 0 spiro atoms. The maximum Gasteiger partial charge on any atom is 0.247 e. The van der Waals surface area contributed by atoms with E-state index >= 15 is 0 Å². The van der Waals surface area contributed by atoms with Crippen molar-refractivity contribution < 1.29 is 4.42 Å². The first kappa shape index (κ1) is 17.0. The molecule has 0 radical (unpaired) electrons. The predicted molar refractivity (Wildman–Crippen MR) is 98.5 cm³/mol. The lowest BCUT2D eigenvalue weighted by Gasteiger charge is -2.03. The van der Waals surface area contributed by atoms with Crippen LogP contribution in [0.3, 0.4) is 0 Å². The number of rotatable bonds is 5. The summed E-state index contributed by atoms with van der Waals surface area (Å²) in [6.45, 7) is 0. The van der Waals surface area contributed by atoms with Crippen LogP contribution >= 0.6 is 35.0 Å². The van der Waals surface area contributed by atoms with Crippen LogP contribution in [0.4, 0.5) is 0 Å². The van der Waals surface area contributed by atoms with Crippen molar-refractivity contribution in [2.75, 3.05) is 0 Å². The van der Waals surface area contributed by atoms with Gasteiger partial charge in [0.15, 0.2) is 0 Å². The molecule has 0 aliphatic rings. The molecule has 2 heterocycles.